The number of aromatic nitrogens is 1. The molecule has 2 aromatic carbocycles. The van der Waals surface area contributed by atoms with Crippen molar-refractivity contribution in [2.45, 2.75) is 18.9 Å². The van der Waals surface area contributed by atoms with E-state index in [4.69, 9.17) is 10.5 Å². The van der Waals surface area contributed by atoms with E-state index in [1.165, 1.54) is 12.0 Å². The highest BCUT2D eigenvalue weighted by Crippen LogP contribution is 2.49. The van der Waals surface area contributed by atoms with Gasteiger partial charge in [0.25, 0.3) is 5.19 Å². The van der Waals surface area contributed by atoms with Gasteiger partial charge in [-0.2, -0.15) is 0 Å². The van der Waals surface area contributed by atoms with Crippen molar-refractivity contribution in [1.29, 1.82) is 0 Å². The molecule has 2 aliphatic rings. The van der Waals surface area contributed by atoms with Crippen LogP contribution in [0.5, 0.6) is 10.9 Å². The van der Waals surface area contributed by atoms with Crippen molar-refractivity contribution < 1.29 is 9.53 Å². The van der Waals surface area contributed by atoms with Crippen molar-refractivity contribution >= 4 is 27.6 Å². The molecule has 3 atom stereocenters. The Morgan fingerprint density at radius 1 is 1.28 bits per heavy atom. The maximum Gasteiger partial charge on any atom is 0.315 e. The summed E-state index contributed by atoms with van der Waals surface area (Å²) in [7, 11) is 0. The molecule has 0 spiro atoms. The van der Waals surface area contributed by atoms with Crippen LogP contribution in [-0.2, 0) is 6.42 Å². The van der Waals surface area contributed by atoms with E-state index in [-0.39, 0.29) is 12.1 Å². The van der Waals surface area contributed by atoms with Gasteiger partial charge in [-0.3, -0.25) is 0 Å². The fraction of sp³-hybridized carbons (Fsp3) is 0.364. The number of rotatable bonds is 7. The van der Waals surface area contributed by atoms with E-state index >= 15 is 0 Å². The zero-order valence-electron chi connectivity index (χ0n) is 16.1. The number of carbonyl (C=O) groups is 1. The largest absolute Gasteiger partial charge is 0.431 e. The standard InChI is InChI=1S/C22H24N4O2S/c23-21(27)26-13-15-11-17(15)19(26)12-24-9-8-14-4-3-5-16(10-14)28-22-25-18-6-1-2-7-20(18)29-22/h1-7,10,15,17,19,24H,8-9,11-13H2,(H2,23,27). The SMILES string of the molecule is NC(=O)N1CC2CC2C1CNCCc1cccc(Oc2nc3ccccc3s2)c1. The number of nitrogens with zero attached hydrogens (tertiary/aromatic N) is 2. The first-order chi connectivity index (χ1) is 14.2. The van der Waals surface area contributed by atoms with Crippen LogP contribution in [0.3, 0.4) is 0 Å². The number of piperidine rings is 1. The van der Waals surface area contributed by atoms with Crippen LogP contribution >= 0.6 is 11.3 Å². The predicted octanol–water partition coefficient (Wildman–Crippen LogP) is 3.62. The number of ether oxygens (including phenoxy) is 1. The molecule has 1 aromatic heterocycles. The van der Waals surface area contributed by atoms with E-state index < -0.39 is 0 Å². The van der Waals surface area contributed by atoms with Gasteiger partial charge in [-0.05, 0) is 61.1 Å². The summed E-state index contributed by atoms with van der Waals surface area (Å²) in [6, 6.07) is 16.1. The third-order valence-corrected chi connectivity index (χ3v) is 6.82. The molecular weight excluding hydrogens is 384 g/mol. The van der Waals surface area contributed by atoms with E-state index in [1.54, 1.807) is 11.3 Å². The van der Waals surface area contributed by atoms with Crippen molar-refractivity contribution in [2.75, 3.05) is 19.6 Å². The van der Waals surface area contributed by atoms with E-state index in [1.807, 2.05) is 35.2 Å². The second-order valence-electron chi connectivity index (χ2n) is 7.87. The molecule has 2 fully saturated rings. The zero-order chi connectivity index (χ0) is 19.8. The van der Waals surface area contributed by atoms with Crippen LogP contribution in [0, 0.1) is 11.8 Å². The number of hydrogen-bond donors (Lipinski definition) is 2. The molecule has 2 heterocycles. The molecule has 1 aliphatic carbocycles. The fourth-order valence-corrected chi connectivity index (χ4v) is 5.16. The van der Waals surface area contributed by atoms with Gasteiger partial charge in [0.2, 0.25) is 0 Å². The number of primary amides is 1. The number of nitrogens with two attached hydrogens (primary N) is 1. The minimum Gasteiger partial charge on any atom is -0.431 e. The molecule has 0 radical (unpaired) electrons. The summed E-state index contributed by atoms with van der Waals surface area (Å²) in [6.07, 6.45) is 2.13. The number of fused-ring (bicyclic) bond motifs is 2. The summed E-state index contributed by atoms with van der Waals surface area (Å²) in [5.41, 5.74) is 7.68. The summed E-state index contributed by atoms with van der Waals surface area (Å²) in [6.45, 7) is 2.49. The molecule has 3 unspecified atom stereocenters. The summed E-state index contributed by atoms with van der Waals surface area (Å²) in [5.74, 6) is 2.12. The Bertz CT molecular complexity index is 1000. The second-order valence-corrected chi connectivity index (χ2v) is 8.86. The maximum absolute atomic E-state index is 11.6. The van der Waals surface area contributed by atoms with Crippen molar-refractivity contribution in [3.63, 3.8) is 0 Å². The highest BCUT2D eigenvalue weighted by atomic mass is 32.1. The first-order valence-electron chi connectivity index (χ1n) is 10.1. The van der Waals surface area contributed by atoms with Crippen LogP contribution in [0.2, 0.25) is 0 Å². The van der Waals surface area contributed by atoms with Crippen LogP contribution in [0.15, 0.2) is 48.5 Å². The van der Waals surface area contributed by atoms with Gasteiger partial charge in [0.1, 0.15) is 5.75 Å². The van der Waals surface area contributed by atoms with Gasteiger partial charge in [-0.15, -0.1) is 0 Å². The minimum atomic E-state index is -0.288. The quantitative estimate of drug-likeness (QED) is 0.585. The molecule has 29 heavy (non-hydrogen) atoms. The number of urea groups is 1. The molecule has 7 heteroatoms. The Balaban J connectivity index is 1.15. The third-order valence-electron chi connectivity index (χ3n) is 5.91. The molecular formula is C22H24N4O2S. The van der Waals surface area contributed by atoms with Crippen LogP contribution in [-0.4, -0.2) is 41.6 Å². The maximum atomic E-state index is 11.6. The Labute approximate surface area is 173 Å². The van der Waals surface area contributed by atoms with E-state index in [9.17, 15) is 4.79 Å². The highest BCUT2D eigenvalue weighted by molar-refractivity contribution is 7.20. The van der Waals surface area contributed by atoms with Gasteiger partial charge >= 0.3 is 6.03 Å². The van der Waals surface area contributed by atoms with Gasteiger partial charge < -0.3 is 20.7 Å². The Morgan fingerprint density at radius 3 is 3.03 bits per heavy atom. The smallest absolute Gasteiger partial charge is 0.315 e. The lowest BCUT2D eigenvalue weighted by Crippen LogP contribution is -2.46. The summed E-state index contributed by atoms with van der Waals surface area (Å²) < 4.78 is 7.10. The Hall–Kier alpha value is -2.64. The molecule has 6 nitrogen and oxygen atoms in total. The van der Waals surface area contributed by atoms with Crippen LogP contribution in [0.25, 0.3) is 10.2 Å². The van der Waals surface area contributed by atoms with Crippen LogP contribution in [0.4, 0.5) is 4.79 Å². The van der Waals surface area contributed by atoms with Crippen molar-refractivity contribution in [1.82, 2.24) is 15.2 Å². The first-order valence-corrected chi connectivity index (χ1v) is 10.9. The molecule has 1 saturated carbocycles. The van der Waals surface area contributed by atoms with Gasteiger partial charge in [-0.25, -0.2) is 9.78 Å². The van der Waals surface area contributed by atoms with Crippen LogP contribution in [0.1, 0.15) is 12.0 Å². The number of para-hydroxylation sites is 1. The monoisotopic (exact) mass is 408 g/mol. The van der Waals surface area contributed by atoms with Crippen molar-refractivity contribution in [3.05, 3.63) is 54.1 Å². The van der Waals surface area contributed by atoms with E-state index in [2.05, 4.69) is 28.5 Å². The highest BCUT2D eigenvalue weighted by Gasteiger charge is 2.53. The molecule has 3 N–H and O–H groups in total. The normalized spacial score (nSPS) is 22.6. The number of carbonyl (C=O) groups excluding carboxylic acids is 1. The Kier molecular flexibility index (Phi) is 4.85. The molecule has 3 aromatic rings. The topological polar surface area (TPSA) is 80.5 Å². The Morgan fingerprint density at radius 2 is 2.17 bits per heavy atom. The zero-order valence-corrected chi connectivity index (χ0v) is 16.9. The predicted molar refractivity (Wildman–Crippen MR) is 114 cm³/mol. The molecule has 1 aliphatic heterocycles. The number of hydrogen-bond acceptors (Lipinski definition) is 5. The minimum absolute atomic E-state index is 0.256. The number of nitrogens with one attached hydrogen (secondary N) is 1. The van der Waals surface area contributed by atoms with Crippen molar-refractivity contribution in [3.8, 4) is 10.9 Å². The molecule has 1 saturated heterocycles. The lowest BCUT2D eigenvalue weighted by Gasteiger charge is -2.26. The molecule has 0 bridgehead atoms. The molecule has 5 rings (SSSR count). The fourth-order valence-electron chi connectivity index (χ4n) is 4.33. The molecule has 150 valence electrons. The lowest BCUT2D eigenvalue weighted by atomic mass is 10.1. The number of likely N-dealkylation sites (tertiary alicyclic amines) is 1. The first kappa shape index (κ1) is 18.4. The van der Waals surface area contributed by atoms with E-state index in [0.29, 0.717) is 17.0 Å². The van der Waals surface area contributed by atoms with Gasteiger partial charge in [0, 0.05) is 19.1 Å². The average molecular weight is 409 g/mol. The van der Waals surface area contributed by atoms with Crippen molar-refractivity contribution in [2.24, 2.45) is 17.6 Å². The van der Waals surface area contributed by atoms with Gasteiger partial charge in [0.05, 0.1) is 10.2 Å². The number of amides is 2. The number of thiazole rings is 1. The van der Waals surface area contributed by atoms with Gasteiger partial charge in [-0.1, -0.05) is 35.6 Å². The lowest BCUT2D eigenvalue weighted by molar-refractivity contribution is 0.191. The third kappa shape index (κ3) is 3.93. The molecule has 2 amide bonds. The van der Waals surface area contributed by atoms with E-state index in [0.717, 1.165) is 42.0 Å². The summed E-state index contributed by atoms with van der Waals surface area (Å²) >= 11 is 1.55. The second kappa shape index (κ2) is 7.65. The average Bonchev–Trinajstić information content (AvgIpc) is 3.21. The van der Waals surface area contributed by atoms with Crippen LogP contribution < -0.4 is 15.8 Å². The summed E-state index contributed by atoms with van der Waals surface area (Å²) in [4.78, 5) is 17.9. The summed E-state index contributed by atoms with van der Waals surface area (Å²) in [5, 5.41) is 4.16. The van der Waals surface area contributed by atoms with Gasteiger partial charge in [0.15, 0.2) is 0 Å². The number of benzene rings is 2.